The summed E-state index contributed by atoms with van der Waals surface area (Å²) in [4.78, 5) is 8.17. The molecule has 0 aliphatic carbocycles. The van der Waals surface area contributed by atoms with Gasteiger partial charge < -0.3 is 16.8 Å². The molecule has 0 unspecified atom stereocenters. The molecule has 5 nitrogen and oxygen atoms in total. The molecular formula is C14H14Br2ClN5. The number of nitrogens with two attached hydrogens (primary N) is 2. The first-order valence-electron chi connectivity index (χ1n) is 5.99. The second kappa shape index (κ2) is 8.77. The minimum Gasteiger partial charge on any atom is -0.369 e. The molecule has 0 aliphatic heterocycles. The van der Waals surface area contributed by atoms with Crippen molar-refractivity contribution in [3.05, 3.63) is 57.5 Å². The maximum atomic E-state index is 5.79. The standard InChI is InChI=1S/C14H13Br2N5.ClH/c15-9-3-1-5-11(7-9)19-13(17)21-14(18)20-12-6-2-4-10(16)8-12;/h1-8H,(H5,17,18,19,20,21);1H. The first-order valence-corrected chi connectivity index (χ1v) is 7.58. The molecule has 116 valence electrons. The van der Waals surface area contributed by atoms with E-state index in [0.29, 0.717) is 5.69 Å². The molecule has 2 rings (SSSR count). The molecule has 0 saturated carbocycles. The van der Waals surface area contributed by atoms with Crippen molar-refractivity contribution in [2.45, 2.75) is 0 Å². The van der Waals surface area contributed by atoms with Gasteiger partial charge in [0.15, 0.2) is 0 Å². The third-order valence-corrected chi connectivity index (χ3v) is 3.37. The smallest absolute Gasteiger partial charge is 0.223 e. The number of rotatable bonds is 2. The fourth-order valence-electron chi connectivity index (χ4n) is 1.57. The maximum Gasteiger partial charge on any atom is 0.223 e. The van der Waals surface area contributed by atoms with Crippen LogP contribution >= 0.6 is 44.3 Å². The normalized spacial score (nSPS) is 11.7. The Hall–Kier alpha value is -1.57. The molecule has 0 aromatic heterocycles. The van der Waals surface area contributed by atoms with E-state index < -0.39 is 0 Å². The van der Waals surface area contributed by atoms with Crippen LogP contribution in [0.4, 0.5) is 11.4 Å². The van der Waals surface area contributed by atoms with Gasteiger partial charge >= 0.3 is 0 Å². The van der Waals surface area contributed by atoms with Crippen molar-refractivity contribution in [2.75, 3.05) is 5.32 Å². The lowest BCUT2D eigenvalue weighted by atomic mass is 10.3. The van der Waals surface area contributed by atoms with E-state index in [-0.39, 0.29) is 24.3 Å². The van der Waals surface area contributed by atoms with Crippen LogP contribution in [0.5, 0.6) is 0 Å². The number of hydrogen-bond acceptors (Lipinski definition) is 1. The van der Waals surface area contributed by atoms with Crippen LogP contribution in [0.2, 0.25) is 0 Å². The van der Waals surface area contributed by atoms with E-state index in [4.69, 9.17) is 11.5 Å². The molecule has 0 atom stereocenters. The third kappa shape index (κ3) is 6.05. The topological polar surface area (TPSA) is 88.8 Å². The average Bonchev–Trinajstić information content (AvgIpc) is 2.38. The van der Waals surface area contributed by atoms with Crippen LogP contribution in [0.25, 0.3) is 0 Å². The number of anilines is 1. The van der Waals surface area contributed by atoms with Crippen LogP contribution in [-0.4, -0.2) is 11.9 Å². The number of nitrogens with one attached hydrogen (secondary N) is 1. The lowest BCUT2D eigenvalue weighted by molar-refractivity contribution is 1.39. The first kappa shape index (κ1) is 18.5. The van der Waals surface area contributed by atoms with E-state index in [9.17, 15) is 0 Å². The largest absolute Gasteiger partial charge is 0.369 e. The summed E-state index contributed by atoms with van der Waals surface area (Å²) in [6.07, 6.45) is 0. The molecule has 2 aromatic carbocycles. The minimum absolute atomic E-state index is 0. The summed E-state index contributed by atoms with van der Waals surface area (Å²) in [6, 6.07) is 15.0. The van der Waals surface area contributed by atoms with E-state index in [1.165, 1.54) is 0 Å². The van der Waals surface area contributed by atoms with E-state index in [1.54, 1.807) is 0 Å². The van der Waals surface area contributed by atoms with E-state index in [0.717, 1.165) is 14.6 Å². The predicted molar refractivity (Wildman–Crippen MR) is 102 cm³/mol. The zero-order valence-corrected chi connectivity index (χ0v) is 15.3. The highest BCUT2D eigenvalue weighted by Gasteiger charge is 1.98. The number of benzene rings is 2. The van der Waals surface area contributed by atoms with Crippen molar-refractivity contribution in [3.8, 4) is 0 Å². The van der Waals surface area contributed by atoms with Gasteiger partial charge in [0.2, 0.25) is 11.9 Å². The van der Waals surface area contributed by atoms with Crippen molar-refractivity contribution in [1.82, 2.24) is 0 Å². The SMILES string of the molecule is Cl.NC(=Nc1cccc(Br)c1)N=C(N)Nc1cccc(Br)c1. The third-order valence-electron chi connectivity index (χ3n) is 2.38. The Morgan fingerprint density at radius 3 is 2.23 bits per heavy atom. The zero-order chi connectivity index (χ0) is 15.2. The van der Waals surface area contributed by atoms with Gasteiger partial charge in [0.1, 0.15) is 0 Å². The molecule has 0 saturated heterocycles. The van der Waals surface area contributed by atoms with Crippen LogP contribution in [0.3, 0.4) is 0 Å². The van der Waals surface area contributed by atoms with E-state index in [1.807, 2.05) is 48.5 Å². The monoisotopic (exact) mass is 445 g/mol. The van der Waals surface area contributed by atoms with Crippen LogP contribution in [0.15, 0.2) is 67.5 Å². The van der Waals surface area contributed by atoms with Gasteiger partial charge in [-0.3, -0.25) is 0 Å². The average molecular weight is 448 g/mol. The lowest BCUT2D eigenvalue weighted by Gasteiger charge is -2.05. The summed E-state index contributed by atoms with van der Waals surface area (Å²) in [6.45, 7) is 0. The summed E-state index contributed by atoms with van der Waals surface area (Å²) in [7, 11) is 0. The minimum atomic E-state index is 0. The van der Waals surface area contributed by atoms with Gasteiger partial charge in [0, 0.05) is 14.6 Å². The summed E-state index contributed by atoms with van der Waals surface area (Å²) >= 11 is 6.75. The molecule has 0 fully saturated rings. The summed E-state index contributed by atoms with van der Waals surface area (Å²) in [5.41, 5.74) is 13.1. The van der Waals surface area contributed by atoms with Crippen molar-refractivity contribution in [2.24, 2.45) is 21.5 Å². The number of halogens is 3. The second-order valence-corrected chi connectivity index (χ2v) is 5.91. The van der Waals surface area contributed by atoms with E-state index >= 15 is 0 Å². The Morgan fingerprint density at radius 1 is 0.955 bits per heavy atom. The fraction of sp³-hybridized carbons (Fsp3) is 0. The van der Waals surface area contributed by atoms with E-state index in [2.05, 4.69) is 47.2 Å². The van der Waals surface area contributed by atoms with Crippen molar-refractivity contribution in [3.63, 3.8) is 0 Å². The van der Waals surface area contributed by atoms with Crippen LogP contribution in [0.1, 0.15) is 0 Å². The van der Waals surface area contributed by atoms with Crippen LogP contribution in [0, 0.1) is 0 Å². The number of aliphatic imine (C=N–C) groups is 2. The van der Waals surface area contributed by atoms with Crippen LogP contribution in [-0.2, 0) is 0 Å². The van der Waals surface area contributed by atoms with Gasteiger partial charge in [-0.25, -0.2) is 4.99 Å². The van der Waals surface area contributed by atoms with Gasteiger partial charge in [-0.15, -0.1) is 12.4 Å². The number of guanidine groups is 2. The molecule has 0 aliphatic rings. The summed E-state index contributed by atoms with van der Waals surface area (Å²) in [5, 5.41) is 2.94. The lowest BCUT2D eigenvalue weighted by Crippen LogP contribution is -2.26. The van der Waals surface area contributed by atoms with Crippen molar-refractivity contribution < 1.29 is 0 Å². The maximum absolute atomic E-state index is 5.79. The molecule has 0 spiro atoms. The fourth-order valence-corrected chi connectivity index (χ4v) is 2.35. The molecule has 0 radical (unpaired) electrons. The number of hydrogen-bond donors (Lipinski definition) is 3. The van der Waals surface area contributed by atoms with Gasteiger partial charge in [0.25, 0.3) is 0 Å². The molecule has 0 bridgehead atoms. The Balaban J connectivity index is 0.00000242. The Kier molecular flexibility index (Phi) is 7.37. The zero-order valence-electron chi connectivity index (χ0n) is 11.3. The first-order chi connectivity index (χ1) is 10.0. The van der Waals surface area contributed by atoms with Crippen LogP contribution < -0.4 is 16.8 Å². The second-order valence-electron chi connectivity index (χ2n) is 4.08. The number of nitrogens with zero attached hydrogens (tertiary/aromatic N) is 2. The Bertz CT molecular complexity index is 703. The van der Waals surface area contributed by atoms with Crippen molar-refractivity contribution >= 4 is 67.6 Å². The predicted octanol–water partition coefficient (Wildman–Crippen LogP) is 4.01. The van der Waals surface area contributed by atoms with Gasteiger partial charge in [-0.05, 0) is 36.4 Å². The van der Waals surface area contributed by atoms with Gasteiger partial charge in [-0.1, -0.05) is 44.0 Å². The molecule has 0 amide bonds. The Labute approximate surface area is 151 Å². The van der Waals surface area contributed by atoms with Gasteiger partial charge in [-0.2, -0.15) is 4.99 Å². The highest BCUT2D eigenvalue weighted by atomic mass is 79.9. The molecule has 22 heavy (non-hydrogen) atoms. The molecule has 0 heterocycles. The molecule has 2 aromatic rings. The highest BCUT2D eigenvalue weighted by molar-refractivity contribution is 9.10. The molecule has 8 heteroatoms. The summed E-state index contributed by atoms with van der Waals surface area (Å²) in [5.74, 6) is 0.248. The summed E-state index contributed by atoms with van der Waals surface area (Å²) < 4.78 is 1.86. The quantitative estimate of drug-likeness (QED) is 0.480. The molecular weight excluding hydrogens is 433 g/mol. The highest BCUT2D eigenvalue weighted by Crippen LogP contribution is 2.18. The van der Waals surface area contributed by atoms with Gasteiger partial charge in [0.05, 0.1) is 5.69 Å². The Morgan fingerprint density at radius 2 is 1.59 bits per heavy atom. The molecule has 5 N–H and O–H groups in total. The van der Waals surface area contributed by atoms with Crippen molar-refractivity contribution in [1.29, 1.82) is 0 Å².